The lowest BCUT2D eigenvalue weighted by molar-refractivity contribution is -0.215. The van der Waals surface area contributed by atoms with Crippen LogP contribution in [-0.2, 0) is 21.2 Å². The Hall–Kier alpha value is -1.32. The molecule has 0 unspecified atom stereocenters. The number of hydrogen-bond donors (Lipinski definition) is 3. The van der Waals surface area contributed by atoms with Gasteiger partial charge in [-0.1, -0.05) is 0 Å². The molecular formula is C10H12IN5O5S2. The number of carbonyl (C=O) groups excluding carboxylic acids is 2. The van der Waals surface area contributed by atoms with Crippen molar-refractivity contribution in [3.05, 3.63) is 11.1 Å². The maximum absolute atomic E-state index is 12.0. The number of aromatic nitrogens is 1. The fourth-order valence-corrected chi connectivity index (χ4v) is 3.42. The third-order valence-electron chi connectivity index (χ3n) is 3.12. The third kappa shape index (κ3) is 3.61. The van der Waals surface area contributed by atoms with Crippen molar-refractivity contribution in [1.29, 1.82) is 5.41 Å². The minimum absolute atomic E-state index is 0.0949. The van der Waals surface area contributed by atoms with Gasteiger partial charge in [0.1, 0.15) is 38.7 Å². The van der Waals surface area contributed by atoms with Crippen molar-refractivity contribution >= 4 is 62.5 Å². The van der Waals surface area contributed by atoms with Crippen LogP contribution in [0.4, 0.5) is 5.13 Å². The van der Waals surface area contributed by atoms with Crippen molar-refractivity contribution < 1.29 is 22.3 Å². The Labute approximate surface area is 147 Å². The second-order valence-electron chi connectivity index (χ2n) is 5.11. The van der Waals surface area contributed by atoms with Gasteiger partial charge in [-0.15, -0.1) is 15.6 Å². The zero-order valence-electron chi connectivity index (χ0n) is 11.9. The predicted octanol–water partition coefficient (Wildman–Crippen LogP) is -0.190. The van der Waals surface area contributed by atoms with Gasteiger partial charge in [0.05, 0.1) is 5.54 Å². The fraction of sp³-hybridized carbons (Fsp3) is 0.400. The first kappa shape index (κ1) is 18.0. The number of anilines is 1. The van der Waals surface area contributed by atoms with E-state index in [1.165, 1.54) is 19.2 Å². The molecule has 23 heavy (non-hydrogen) atoms. The van der Waals surface area contributed by atoms with E-state index in [0.717, 1.165) is 32.5 Å². The lowest BCUT2D eigenvalue weighted by Gasteiger charge is -2.50. The molecule has 0 aromatic carbocycles. The number of nitrogens with one attached hydrogen (secondary N) is 2. The molecule has 1 aliphatic heterocycles. The Bertz CT molecular complexity index is 789. The van der Waals surface area contributed by atoms with Gasteiger partial charge < -0.3 is 11.1 Å². The van der Waals surface area contributed by atoms with Crippen LogP contribution in [0.15, 0.2) is 5.38 Å². The lowest BCUT2D eigenvalue weighted by Crippen LogP contribution is -2.76. The number of rotatable bonds is 5. The Morgan fingerprint density at radius 1 is 1.61 bits per heavy atom. The first-order valence-corrected chi connectivity index (χ1v) is 10.9. The number of carbonyl (C=O) groups is 2. The second-order valence-corrected chi connectivity index (χ2v) is 10.2. The van der Waals surface area contributed by atoms with Gasteiger partial charge in [0.2, 0.25) is 0 Å². The van der Waals surface area contributed by atoms with Crippen LogP contribution in [-0.4, -0.2) is 47.6 Å². The molecule has 1 fully saturated rings. The van der Waals surface area contributed by atoms with Crippen molar-refractivity contribution in [3.63, 3.8) is 0 Å². The summed E-state index contributed by atoms with van der Waals surface area (Å²) in [6, 6.07) is -1.02. The molecule has 1 atom stereocenters. The molecule has 4 N–H and O–H groups in total. The second kappa shape index (κ2) is 5.95. The largest absolute Gasteiger partial charge is 0.375 e. The van der Waals surface area contributed by atoms with Gasteiger partial charge in [-0.05, 0) is 13.8 Å². The summed E-state index contributed by atoms with van der Waals surface area (Å²) in [5.41, 5.74) is 4.00. The highest BCUT2D eigenvalue weighted by Crippen LogP contribution is 2.33. The Morgan fingerprint density at radius 2 is 2.22 bits per heavy atom. The number of nitrogen functional groups attached to an aromatic ring is 1. The van der Waals surface area contributed by atoms with Crippen molar-refractivity contribution in [2.24, 2.45) is 0 Å². The fourth-order valence-electron chi connectivity index (χ4n) is 1.94. The van der Waals surface area contributed by atoms with E-state index in [4.69, 9.17) is 11.1 Å². The number of halogens is 1. The van der Waals surface area contributed by atoms with E-state index in [9.17, 15) is 18.0 Å². The number of thiazole rings is 1. The minimum Gasteiger partial charge on any atom is -0.375 e. The number of amides is 2. The first-order chi connectivity index (χ1) is 10.4. The van der Waals surface area contributed by atoms with Gasteiger partial charge >= 0.3 is 7.29 Å². The summed E-state index contributed by atoms with van der Waals surface area (Å²) in [5, 5.41) is 12.5. The zero-order chi connectivity index (χ0) is 17.6. The highest BCUT2D eigenvalue weighted by molar-refractivity contribution is 14.2. The van der Waals surface area contributed by atoms with Gasteiger partial charge in [0, 0.05) is 5.38 Å². The van der Waals surface area contributed by atoms with Crippen LogP contribution in [0.5, 0.6) is 0 Å². The minimum atomic E-state index is -3.90. The van der Waals surface area contributed by atoms with Gasteiger partial charge in [-0.2, -0.15) is 13.5 Å². The molecule has 0 spiro atoms. The predicted molar refractivity (Wildman–Crippen MR) is 90.2 cm³/mol. The van der Waals surface area contributed by atoms with E-state index in [0.29, 0.717) is 5.06 Å². The van der Waals surface area contributed by atoms with Crippen molar-refractivity contribution in [2.45, 2.75) is 25.4 Å². The summed E-state index contributed by atoms with van der Waals surface area (Å²) < 4.78 is 26.8. The standard InChI is InChI=1S/C10H12IN5O5S2/c1-10(2)6(8(18)16(10)21-23(11,19)20)15-7(17)5(12)4-3-22-9(13)14-4/h3,6,12H,1-2H3,(H2,13,14)(H,15,17)/t6-/m1/s1. The molecule has 1 saturated heterocycles. The van der Waals surface area contributed by atoms with Gasteiger partial charge in [0.25, 0.3) is 11.8 Å². The van der Waals surface area contributed by atoms with Crippen LogP contribution in [0.3, 0.4) is 0 Å². The summed E-state index contributed by atoms with van der Waals surface area (Å²) in [4.78, 5) is 27.8. The summed E-state index contributed by atoms with van der Waals surface area (Å²) in [6.45, 7) is 3.04. The summed E-state index contributed by atoms with van der Waals surface area (Å²) in [7, 11) is -3.90. The topological polar surface area (TPSA) is 156 Å². The molecule has 126 valence electrons. The molecular weight excluding hydrogens is 461 g/mol. The molecule has 1 aliphatic rings. The van der Waals surface area contributed by atoms with Gasteiger partial charge in [-0.3, -0.25) is 15.0 Å². The van der Waals surface area contributed by atoms with Crippen molar-refractivity contribution in [1.82, 2.24) is 15.4 Å². The van der Waals surface area contributed by atoms with Crippen LogP contribution in [0, 0.1) is 5.41 Å². The summed E-state index contributed by atoms with van der Waals surface area (Å²) in [5.74, 6) is -1.55. The molecule has 1 aromatic heterocycles. The lowest BCUT2D eigenvalue weighted by atomic mass is 9.84. The van der Waals surface area contributed by atoms with Crippen LogP contribution < -0.4 is 11.1 Å². The van der Waals surface area contributed by atoms with Gasteiger partial charge in [0.15, 0.2) is 5.13 Å². The van der Waals surface area contributed by atoms with Crippen LogP contribution in [0.25, 0.3) is 0 Å². The molecule has 10 nitrogen and oxygen atoms in total. The van der Waals surface area contributed by atoms with E-state index >= 15 is 0 Å². The van der Waals surface area contributed by atoms with Crippen molar-refractivity contribution in [3.8, 4) is 0 Å². The molecule has 2 amide bonds. The molecule has 0 saturated carbocycles. The highest BCUT2D eigenvalue weighted by Gasteiger charge is 2.57. The van der Waals surface area contributed by atoms with Crippen LogP contribution in [0.1, 0.15) is 19.5 Å². The maximum atomic E-state index is 12.0. The SMILES string of the molecule is CC1(C)[C@H](NC(=O)C(=N)c2csc(N)n2)C(=O)N1OS(=O)(=O)I. The third-order valence-corrected chi connectivity index (χ3v) is 4.60. The average molecular weight is 473 g/mol. The number of nitrogens with two attached hydrogens (primary N) is 1. The molecule has 0 aliphatic carbocycles. The van der Waals surface area contributed by atoms with E-state index in [-0.39, 0.29) is 10.8 Å². The van der Waals surface area contributed by atoms with Crippen molar-refractivity contribution in [2.75, 3.05) is 5.73 Å². The molecule has 1 aromatic rings. The monoisotopic (exact) mass is 473 g/mol. The normalized spacial score (nSPS) is 20.0. The number of nitrogens with zero attached hydrogens (tertiary/aromatic N) is 2. The van der Waals surface area contributed by atoms with E-state index in [2.05, 4.69) is 14.6 Å². The molecule has 0 bridgehead atoms. The summed E-state index contributed by atoms with van der Waals surface area (Å²) >= 11 is 2.12. The zero-order valence-corrected chi connectivity index (χ0v) is 15.7. The quantitative estimate of drug-likeness (QED) is 0.232. The number of hydrogen-bond acceptors (Lipinski definition) is 9. The maximum Gasteiger partial charge on any atom is 0.342 e. The number of β-lactam (4-membered cyclic amide) rings is 1. The molecule has 2 heterocycles. The highest BCUT2D eigenvalue weighted by atomic mass is 127. The van der Waals surface area contributed by atoms with Crippen LogP contribution >= 0.6 is 32.5 Å². The Kier molecular flexibility index (Phi) is 4.67. The molecule has 2 rings (SSSR count). The smallest absolute Gasteiger partial charge is 0.342 e. The number of hydroxylamine groups is 2. The Morgan fingerprint density at radius 3 is 2.65 bits per heavy atom. The van der Waals surface area contributed by atoms with Gasteiger partial charge in [-0.25, -0.2) is 4.98 Å². The molecule has 0 radical (unpaired) electrons. The molecule has 13 heteroatoms. The van der Waals surface area contributed by atoms with E-state index in [1.54, 1.807) is 0 Å². The van der Waals surface area contributed by atoms with E-state index in [1.807, 2.05) is 0 Å². The van der Waals surface area contributed by atoms with E-state index < -0.39 is 36.4 Å². The van der Waals surface area contributed by atoms with Crippen LogP contribution in [0.2, 0.25) is 0 Å². The first-order valence-electron chi connectivity index (χ1n) is 6.02. The Balaban J connectivity index is 2.08. The average Bonchev–Trinajstić information content (AvgIpc) is 2.86. The summed E-state index contributed by atoms with van der Waals surface area (Å²) in [6.07, 6.45) is 0.